The van der Waals surface area contributed by atoms with Gasteiger partial charge < -0.3 is 4.74 Å². The quantitative estimate of drug-likeness (QED) is 0.806. The summed E-state index contributed by atoms with van der Waals surface area (Å²) in [7, 11) is 1.67. The molecule has 0 radical (unpaired) electrons. The average molecular weight is 258 g/mol. The molecule has 3 rings (SSSR count). The lowest BCUT2D eigenvalue weighted by Gasteiger charge is -2.04. The molecule has 0 heterocycles. The monoisotopic (exact) mass is 258 g/mol. The molecule has 0 saturated heterocycles. The summed E-state index contributed by atoms with van der Waals surface area (Å²) in [6.07, 6.45) is 6.85. The van der Waals surface area contributed by atoms with Gasteiger partial charge in [0.05, 0.1) is 7.11 Å². The molecule has 2 saturated carbocycles. The summed E-state index contributed by atoms with van der Waals surface area (Å²) in [5, 5.41) is 0. The number of ketones is 1. The Balaban J connectivity index is 1.50. The maximum Gasteiger partial charge on any atom is 0.136 e. The summed E-state index contributed by atoms with van der Waals surface area (Å²) >= 11 is 0. The predicted octanol–water partition coefficient (Wildman–Crippen LogP) is 3.63. The first-order valence-corrected chi connectivity index (χ1v) is 7.45. The molecule has 2 atom stereocenters. The Labute approximate surface area is 115 Å². The van der Waals surface area contributed by atoms with E-state index < -0.39 is 0 Å². The third-order valence-electron chi connectivity index (χ3n) is 4.85. The number of Topliss-reactive ketones (excluding diaryl/α,β-unsaturated/α-hetero) is 1. The predicted molar refractivity (Wildman–Crippen MR) is 75.3 cm³/mol. The van der Waals surface area contributed by atoms with Gasteiger partial charge in [0, 0.05) is 12.3 Å². The number of methoxy groups -OCH3 is 1. The summed E-state index contributed by atoms with van der Waals surface area (Å²) in [5.74, 6) is 3.30. The second kappa shape index (κ2) is 5.36. The van der Waals surface area contributed by atoms with E-state index in [4.69, 9.17) is 4.74 Å². The van der Waals surface area contributed by atoms with E-state index in [1.54, 1.807) is 7.11 Å². The summed E-state index contributed by atoms with van der Waals surface area (Å²) in [6.45, 7) is 0. The topological polar surface area (TPSA) is 26.3 Å². The Kier molecular flexibility index (Phi) is 3.58. The van der Waals surface area contributed by atoms with E-state index in [9.17, 15) is 4.79 Å². The van der Waals surface area contributed by atoms with Crippen LogP contribution in [0.1, 0.15) is 37.7 Å². The fourth-order valence-electron chi connectivity index (χ4n) is 3.70. The number of hydrogen-bond donors (Lipinski definition) is 0. The van der Waals surface area contributed by atoms with Crippen molar-refractivity contribution in [1.29, 1.82) is 0 Å². The van der Waals surface area contributed by atoms with Crippen LogP contribution in [0.5, 0.6) is 5.75 Å². The van der Waals surface area contributed by atoms with Gasteiger partial charge >= 0.3 is 0 Å². The van der Waals surface area contributed by atoms with E-state index in [2.05, 4.69) is 12.1 Å². The minimum Gasteiger partial charge on any atom is -0.497 e. The minimum atomic E-state index is 0.417. The van der Waals surface area contributed by atoms with Crippen molar-refractivity contribution in [2.45, 2.75) is 38.5 Å². The van der Waals surface area contributed by atoms with Gasteiger partial charge in [-0.25, -0.2) is 0 Å². The number of aryl methyl sites for hydroxylation is 1. The molecule has 2 fully saturated rings. The number of carbonyl (C=O) groups excluding carboxylic acids is 1. The first-order chi connectivity index (χ1) is 9.29. The number of hydrogen-bond acceptors (Lipinski definition) is 2. The number of benzene rings is 1. The lowest BCUT2D eigenvalue weighted by atomic mass is 10.0. The standard InChI is InChI=1S/C17H22O2/c1-19-13-9-6-12(7-10-13)8-11-16(18)17-14-4-2-3-5-15(14)17/h6-7,9-10,14-15,17H,2-5,8,11H2,1H3. The molecule has 0 amide bonds. The molecule has 2 unspecified atom stereocenters. The molecule has 0 aromatic heterocycles. The molecule has 2 heteroatoms. The largest absolute Gasteiger partial charge is 0.497 e. The average Bonchev–Trinajstić information content (AvgIpc) is 3.19. The van der Waals surface area contributed by atoms with Crippen molar-refractivity contribution in [3.63, 3.8) is 0 Å². The van der Waals surface area contributed by atoms with Crippen molar-refractivity contribution in [2.75, 3.05) is 7.11 Å². The van der Waals surface area contributed by atoms with Crippen LogP contribution in [0.25, 0.3) is 0 Å². The van der Waals surface area contributed by atoms with E-state index in [1.807, 2.05) is 12.1 Å². The Morgan fingerprint density at radius 1 is 1.16 bits per heavy atom. The number of rotatable bonds is 5. The van der Waals surface area contributed by atoms with Crippen LogP contribution in [0, 0.1) is 17.8 Å². The molecule has 2 aliphatic rings. The molecular formula is C17H22O2. The van der Waals surface area contributed by atoms with E-state index in [0.717, 1.165) is 24.0 Å². The van der Waals surface area contributed by atoms with Crippen LogP contribution in [-0.2, 0) is 11.2 Å². The van der Waals surface area contributed by atoms with Gasteiger partial charge in [-0.05, 0) is 48.8 Å². The Morgan fingerprint density at radius 2 is 1.79 bits per heavy atom. The highest BCUT2D eigenvalue weighted by Gasteiger charge is 2.53. The van der Waals surface area contributed by atoms with E-state index in [-0.39, 0.29) is 0 Å². The molecule has 2 nitrogen and oxygen atoms in total. The maximum atomic E-state index is 12.2. The highest BCUT2D eigenvalue weighted by atomic mass is 16.5. The van der Waals surface area contributed by atoms with Crippen LogP contribution in [0.3, 0.4) is 0 Å². The molecule has 0 bridgehead atoms. The first kappa shape index (κ1) is 12.7. The van der Waals surface area contributed by atoms with Crippen LogP contribution >= 0.6 is 0 Å². The third kappa shape index (κ3) is 2.68. The normalized spacial score (nSPS) is 28.6. The molecule has 0 aliphatic heterocycles. The number of ether oxygens (including phenoxy) is 1. The second-order valence-corrected chi connectivity index (χ2v) is 5.95. The lowest BCUT2D eigenvalue weighted by Crippen LogP contribution is -2.05. The van der Waals surface area contributed by atoms with Gasteiger partial charge in [-0.15, -0.1) is 0 Å². The summed E-state index contributed by atoms with van der Waals surface area (Å²) in [4.78, 5) is 12.2. The summed E-state index contributed by atoms with van der Waals surface area (Å²) < 4.78 is 5.14. The highest BCUT2D eigenvalue weighted by Crippen LogP contribution is 2.56. The Bertz CT molecular complexity index is 437. The summed E-state index contributed by atoms with van der Waals surface area (Å²) in [5.41, 5.74) is 1.23. The van der Waals surface area contributed by atoms with E-state index >= 15 is 0 Å². The van der Waals surface area contributed by atoms with Crippen LogP contribution in [0.4, 0.5) is 0 Å². The van der Waals surface area contributed by atoms with E-state index in [1.165, 1.54) is 31.2 Å². The third-order valence-corrected chi connectivity index (χ3v) is 4.85. The van der Waals surface area contributed by atoms with Gasteiger partial charge in [0.1, 0.15) is 11.5 Å². The van der Waals surface area contributed by atoms with Gasteiger partial charge in [-0.2, -0.15) is 0 Å². The van der Waals surface area contributed by atoms with Crippen molar-refractivity contribution in [3.05, 3.63) is 29.8 Å². The van der Waals surface area contributed by atoms with Gasteiger partial charge in [0.25, 0.3) is 0 Å². The zero-order valence-electron chi connectivity index (χ0n) is 11.6. The minimum absolute atomic E-state index is 0.417. The fourth-order valence-corrected chi connectivity index (χ4v) is 3.70. The molecule has 1 aromatic rings. The molecule has 19 heavy (non-hydrogen) atoms. The molecular weight excluding hydrogens is 236 g/mol. The zero-order valence-corrected chi connectivity index (χ0v) is 11.6. The van der Waals surface area contributed by atoms with Gasteiger partial charge in [-0.1, -0.05) is 25.0 Å². The van der Waals surface area contributed by atoms with Crippen LogP contribution in [0.15, 0.2) is 24.3 Å². The van der Waals surface area contributed by atoms with Crippen molar-refractivity contribution in [2.24, 2.45) is 17.8 Å². The molecule has 0 spiro atoms. The Hall–Kier alpha value is -1.31. The van der Waals surface area contributed by atoms with Crippen molar-refractivity contribution in [1.82, 2.24) is 0 Å². The van der Waals surface area contributed by atoms with Crippen LogP contribution in [-0.4, -0.2) is 12.9 Å². The molecule has 1 aromatic carbocycles. The van der Waals surface area contributed by atoms with Crippen molar-refractivity contribution in [3.8, 4) is 5.75 Å². The molecule has 2 aliphatic carbocycles. The fraction of sp³-hybridized carbons (Fsp3) is 0.588. The summed E-state index contributed by atoms with van der Waals surface area (Å²) in [6, 6.07) is 8.06. The van der Waals surface area contributed by atoms with Crippen molar-refractivity contribution >= 4 is 5.78 Å². The highest BCUT2D eigenvalue weighted by molar-refractivity contribution is 5.84. The second-order valence-electron chi connectivity index (χ2n) is 5.95. The molecule has 0 N–H and O–H groups in total. The molecule has 102 valence electrons. The van der Waals surface area contributed by atoms with Crippen molar-refractivity contribution < 1.29 is 9.53 Å². The number of carbonyl (C=O) groups is 1. The maximum absolute atomic E-state index is 12.2. The van der Waals surface area contributed by atoms with Gasteiger partial charge in [-0.3, -0.25) is 4.79 Å². The SMILES string of the molecule is COc1ccc(CCC(=O)C2C3CCCCC32)cc1. The van der Waals surface area contributed by atoms with Crippen LogP contribution in [0.2, 0.25) is 0 Å². The first-order valence-electron chi connectivity index (χ1n) is 7.45. The van der Waals surface area contributed by atoms with E-state index in [0.29, 0.717) is 18.1 Å². The zero-order chi connectivity index (χ0) is 13.2. The lowest BCUT2D eigenvalue weighted by molar-refractivity contribution is -0.120. The Morgan fingerprint density at radius 3 is 2.37 bits per heavy atom. The van der Waals surface area contributed by atoms with Gasteiger partial charge in [0.2, 0.25) is 0 Å². The van der Waals surface area contributed by atoms with Crippen LogP contribution < -0.4 is 4.74 Å². The smallest absolute Gasteiger partial charge is 0.136 e. The number of fused-ring (bicyclic) bond motifs is 1. The van der Waals surface area contributed by atoms with Gasteiger partial charge in [0.15, 0.2) is 0 Å².